The van der Waals surface area contributed by atoms with Crippen LogP contribution in [0, 0.1) is 5.82 Å². The first-order valence-electron chi connectivity index (χ1n) is 7.48. The second-order valence-corrected chi connectivity index (χ2v) is 5.55. The maximum atomic E-state index is 13.8. The number of rotatable bonds is 2. The van der Waals surface area contributed by atoms with Crippen molar-refractivity contribution in [3.63, 3.8) is 0 Å². The zero-order chi connectivity index (χ0) is 15.5. The van der Waals surface area contributed by atoms with Crippen LogP contribution in [0.1, 0.15) is 12.8 Å². The van der Waals surface area contributed by atoms with Crippen LogP contribution in [0.2, 0.25) is 0 Å². The van der Waals surface area contributed by atoms with Gasteiger partial charge in [-0.2, -0.15) is 0 Å². The number of amides is 2. The van der Waals surface area contributed by atoms with E-state index in [9.17, 15) is 14.0 Å². The largest absolute Gasteiger partial charge is 0.366 e. The van der Waals surface area contributed by atoms with Crippen LogP contribution in [0.3, 0.4) is 0 Å². The summed E-state index contributed by atoms with van der Waals surface area (Å²) in [6.45, 7) is 2.32. The molecule has 1 aromatic carbocycles. The lowest BCUT2D eigenvalue weighted by molar-refractivity contribution is -0.136. The minimum Gasteiger partial charge on any atom is -0.366 e. The first-order chi connectivity index (χ1) is 10.6. The molecule has 6 nitrogen and oxygen atoms in total. The number of para-hydroxylation sites is 1. The standard InChI is InChI=1S/C15H19FN4O2/c16-11-3-1-2-4-13(11)19-7-9-20(10-8-19)15(22)12-5-6-14(21)18-17-12/h1-4,12,17H,5-10H2,(H,18,21). The van der Waals surface area contributed by atoms with E-state index >= 15 is 0 Å². The Hall–Kier alpha value is -2.15. The summed E-state index contributed by atoms with van der Waals surface area (Å²) >= 11 is 0. The van der Waals surface area contributed by atoms with Crippen molar-refractivity contribution in [2.75, 3.05) is 31.1 Å². The second-order valence-electron chi connectivity index (χ2n) is 5.55. The first kappa shape index (κ1) is 14.8. The summed E-state index contributed by atoms with van der Waals surface area (Å²) in [6, 6.07) is 6.32. The zero-order valence-electron chi connectivity index (χ0n) is 12.2. The van der Waals surface area contributed by atoms with Gasteiger partial charge in [-0.15, -0.1) is 0 Å². The molecule has 0 aliphatic carbocycles. The third-order valence-electron chi connectivity index (χ3n) is 4.13. The minimum absolute atomic E-state index is 0.00631. The van der Waals surface area contributed by atoms with E-state index in [0.717, 1.165) is 0 Å². The number of nitrogens with one attached hydrogen (secondary N) is 2. The molecule has 2 saturated heterocycles. The molecule has 0 aromatic heterocycles. The lowest BCUT2D eigenvalue weighted by Gasteiger charge is -2.38. The van der Waals surface area contributed by atoms with Crippen molar-refractivity contribution in [1.29, 1.82) is 0 Å². The van der Waals surface area contributed by atoms with Crippen molar-refractivity contribution >= 4 is 17.5 Å². The molecule has 2 amide bonds. The number of hydrogen-bond acceptors (Lipinski definition) is 4. The van der Waals surface area contributed by atoms with Gasteiger partial charge in [0.1, 0.15) is 11.9 Å². The Morgan fingerprint density at radius 2 is 1.91 bits per heavy atom. The van der Waals surface area contributed by atoms with Gasteiger partial charge in [0.2, 0.25) is 11.8 Å². The van der Waals surface area contributed by atoms with Gasteiger partial charge in [0.05, 0.1) is 5.69 Å². The van der Waals surface area contributed by atoms with E-state index in [1.807, 2.05) is 11.0 Å². The highest BCUT2D eigenvalue weighted by Gasteiger charge is 2.30. The Balaban J connectivity index is 1.56. The van der Waals surface area contributed by atoms with Gasteiger partial charge in [-0.3, -0.25) is 15.0 Å². The molecular formula is C15H19FN4O2. The molecule has 7 heteroatoms. The zero-order valence-corrected chi connectivity index (χ0v) is 12.2. The number of anilines is 1. The quantitative estimate of drug-likeness (QED) is 0.822. The van der Waals surface area contributed by atoms with Gasteiger partial charge in [0.15, 0.2) is 0 Å². The summed E-state index contributed by atoms with van der Waals surface area (Å²) in [4.78, 5) is 27.2. The van der Waals surface area contributed by atoms with Gasteiger partial charge < -0.3 is 9.80 Å². The molecule has 2 N–H and O–H groups in total. The lowest BCUT2D eigenvalue weighted by atomic mass is 10.1. The Bertz CT molecular complexity index is 562. The molecule has 22 heavy (non-hydrogen) atoms. The molecule has 1 atom stereocenters. The molecule has 2 aliphatic rings. The van der Waals surface area contributed by atoms with Crippen LogP contribution < -0.4 is 15.8 Å². The Labute approximate surface area is 128 Å². The highest BCUT2D eigenvalue weighted by molar-refractivity contribution is 5.85. The fraction of sp³-hybridized carbons (Fsp3) is 0.467. The molecular weight excluding hydrogens is 287 g/mol. The molecule has 0 bridgehead atoms. The Morgan fingerprint density at radius 1 is 1.18 bits per heavy atom. The summed E-state index contributed by atoms with van der Waals surface area (Å²) in [7, 11) is 0. The lowest BCUT2D eigenvalue weighted by Crippen LogP contribution is -2.59. The van der Waals surface area contributed by atoms with Crippen molar-refractivity contribution in [1.82, 2.24) is 15.8 Å². The summed E-state index contributed by atoms with van der Waals surface area (Å²) in [6.07, 6.45) is 0.872. The Kier molecular flexibility index (Phi) is 4.24. The SMILES string of the molecule is O=C1CCC(C(=O)N2CCN(c3ccccc3F)CC2)NN1. The molecule has 2 heterocycles. The molecule has 1 unspecified atom stereocenters. The van der Waals surface area contributed by atoms with Crippen molar-refractivity contribution < 1.29 is 14.0 Å². The van der Waals surface area contributed by atoms with E-state index in [2.05, 4.69) is 10.9 Å². The summed E-state index contributed by atoms with van der Waals surface area (Å²) < 4.78 is 13.8. The average molecular weight is 306 g/mol. The van der Waals surface area contributed by atoms with Crippen LogP contribution in [-0.4, -0.2) is 48.9 Å². The van der Waals surface area contributed by atoms with Gasteiger partial charge >= 0.3 is 0 Å². The molecule has 0 saturated carbocycles. The highest BCUT2D eigenvalue weighted by atomic mass is 19.1. The van der Waals surface area contributed by atoms with E-state index in [4.69, 9.17) is 0 Å². The first-order valence-corrected chi connectivity index (χ1v) is 7.48. The molecule has 2 fully saturated rings. The molecule has 0 spiro atoms. The molecule has 118 valence electrons. The van der Waals surface area contributed by atoms with Crippen LogP contribution in [0.5, 0.6) is 0 Å². The summed E-state index contributed by atoms with van der Waals surface area (Å²) in [5.74, 6) is -0.333. The maximum absolute atomic E-state index is 13.8. The smallest absolute Gasteiger partial charge is 0.241 e. The van der Waals surface area contributed by atoms with Crippen LogP contribution in [-0.2, 0) is 9.59 Å². The number of benzene rings is 1. The number of nitrogens with zero attached hydrogens (tertiary/aromatic N) is 2. The average Bonchev–Trinajstić information content (AvgIpc) is 2.56. The summed E-state index contributed by atoms with van der Waals surface area (Å²) in [5.41, 5.74) is 5.83. The third kappa shape index (κ3) is 3.04. The summed E-state index contributed by atoms with van der Waals surface area (Å²) in [5, 5.41) is 0. The van der Waals surface area contributed by atoms with Crippen molar-refractivity contribution in [2.45, 2.75) is 18.9 Å². The number of hydrazine groups is 1. The minimum atomic E-state index is -0.363. The molecule has 3 rings (SSSR count). The number of carbonyl (C=O) groups is 2. The van der Waals surface area contributed by atoms with Crippen molar-refractivity contribution in [3.05, 3.63) is 30.1 Å². The van der Waals surface area contributed by atoms with Crippen molar-refractivity contribution in [3.8, 4) is 0 Å². The van der Waals surface area contributed by atoms with E-state index < -0.39 is 0 Å². The van der Waals surface area contributed by atoms with E-state index in [1.54, 1.807) is 17.0 Å². The predicted molar refractivity (Wildman–Crippen MR) is 79.5 cm³/mol. The molecule has 0 radical (unpaired) electrons. The van der Waals surface area contributed by atoms with Crippen LogP contribution in [0.25, 0.3) is 0 Å². The topological polar surface area (TPSA) is 64.7 Å². The molecule has 2 aliphatic heterocycles. The van der Waals surface area contributed by atoms with Gasteiger partial charge in [-0.25, -0.2) is 9.82 Å². The third-order valence-corrected chi connectivity index (χ3v) is 4.13. The monoisotopic (exact) mass is 306 g/mol. The van der Waals surface area contributed by atoms with Crippen LogP contribution >= 0.6 is 0 Å². The van der Waals surface area contributed by atoms with E-state index in [-0.39, 0.29) is 23.7 Å². The number of hydrogen-bond donors (Lipinski definition) is 2. The van der Waals surface area contributed by atoms with Crippen LogP contribution in [0.4, 0.5) is 10.1 Å². The molecule has 1 aromatic rings. The van der Waals surface area contributed by atoms with Gasteiger partial charge in [-0.1, -0.05) is 12.1 Å². The van der Waals surface area contributed by atoms with Gasteiger partial charge in [0, 0.05) is 32.6 Å². The number of carbonyl (C=O) groups excluding carboxylic acids is 2. The fourth-order valence-corrected chi connectivity index (χ4v) is 2.86. The predicted octanol–water partition coefficient (Wildman–Crippen LogP) is 0.257. The fourth-order valence-electron chi connectivity index (χ4n) is 2.86. The maximum Gasteiger partial charge on any atom is 0.241 e. The number of halogens is 1. The van der Waals surface area contributed by atoms with Crippen LogP contribution in [0.15, 0.2) is 24.3 Å². The van der Waals surface area contributed by atoms with Crippen molar-refractivity contribution in [2.24, 2.45) is 0 Å². The van der Waals surface area contributed by atoms with E-state index in [0.29, 0.717) is 44.7 Å². The van der Waals surface area contributed by atoms with Gasteiger partial charge in [-0.05, 0) is 18.6 Å². The number of piperazine rings is 1. The highest BCUT2D eigenvalue weighted by Crippen LogP contribution is 2.20. The van der Waals surface area contributed by atoms with E-state index in [1.165, 1.54) is 6.07 Å². The van der Waals surface area contributed by atoms with Gasteiger partial charge in [0.25, 0.3) is 0 Å². The second kappa shape index (κ2) is 6.31. The Morgan fingerprint density at radius 3 is 2.55 bits per heavy atom. The normalized spacial score (nSPS) is 22.4.